The third-order valence-electron chi connectivity index (χ3n) is 5.18. The van der Waals surface area contributed by atoms with Crippen LogP contribution in [0.2, 0.25) is 0 Å². The maximum absolute atomic E-state index is 13.5. The van der Waals surface area contributed by atoms with Crippen LogP contribution in [0, 0.1) is 11.7 Å². The van der Waals surface area contributed by atoms with Gasteiger partial charge in [-0.3, -0.25) is 13.8 Å². The summed E-state index contributed by atoms with van der Waals surface area (Å²) in [6, 6.07) is 6.15. The van der Waals surface area contributed by atoms with E-state index in [0.29, 0.717) is 43.8 Å². The Kier molecular flexibility index (Phi) is 5.46. The number of hydrogen-bond donors (Lipinski definition) is 0. The minimum absolute atomic E-state index is 0.00918. The van der Waals surface area contributed by atoms with Crippen molar-refractivity contribution in [2.75, 3.05) is 18.8 Å². The van der Waals surface area contributed by atoms with Gasteiger partial charge >= 0.3 is 0 Å². The minimum atomic E-state index is -1.30. The molecule has 0 N–H and O–H groups in total. The molecule has 0 saturated carbocycles. The lowest BCUT2D eigenvalue weighted by Gasteiger charge is -2.43. The van der Waals surface area contributed by atoms with Gasteiger partial charge < -0.3 is 9.80 Å². The maximum Gasteiger partial charge on any atom is 0.236 e. The highest BCUT2D eigenvalue weighted by Gasteiger charge is 2.53. The van der Waals surface area contributed by atoms with E-state index in [4.69, 9.17) is 0 Å². The van der Waals surface area contributed by atoms with Crippen molar-refractivity contribution in [1.29, 1.82) is 0 Å². The summed E-state index contributed by atoms with van der Waals surface area (Å²) in [7, 11) is -1.30. The lowest BCUT2D eigenvalue weighted by atomic mass is 10.00. The summed E-state index contributed by atoms with van der Waals surface area (Å²) in [6.07, 6.45) is 1.51. The Morgan fingerprint density at radius 2 is 2.00 bits per heavy atom. The zero-order valence-electron chi connectivity index (χ0n) is 15.2. The topological polar surface area (TPSA) is 57.7 Å². The number of likely N-dealkylation sites (tertiary alicyclic amines) is 1. The summed E-state index contributed by atoms with van der Waals surface area (Å²) in [5.41, 5.74) is 0.690. The number of carbonyl (C=O) groups excluding carboxylic acids is 2. The van der Waals surface area contributed by atoms with Crippen molar-refractivity contribution in [2.45, 2.75) is 44.5 Å². The molecule has 26 heavy (non-hydrogen) atoms. The van der Waals surface area contributed by atoms with Crippen molar-refractivity contribution < 1.29 is 18.2 Å². The Labute approximate surface area is 156 Å². The zero-order valence-corrected chi connectivity index (χ0v) is 16.1. The van der Waals surface area contributed by atoms with Crippen LogP contribution in [0.4, 0.5) is 4.39 Å². The van der Waals surface area contributed by atoms with Gasteiger partial charge in [0.05, 0.1) is 10.8 Å². The Morgan fingerprint density at radius 1 is 1.31 bits per heavy atom. The van der Waals surface area contributed by atoms with Gasteiger partial charge in [-0.1, -0.05) is 26.0 Å². The average molecular weight is 380 g/mol. The van der Waals surface area contributed by atoms with E-state index < -0.39 is 15.7 Å². The second-order valence-corrected chi connectivity index (χ2v) is 9.26. The molecule has 2 fully saturated rings. The fourth-order valence-electron chi connectivity index (χ4n) is 3.81. The van der Waals surface area contributed by atoms with Crippen LogP contribution in [0.5, 0.6) is 0 Å². The highest BCUT2D eigenvalue weighted by molar-refractivity contribution is 7.87. The fourth-order valence-corrected chi connectivity index (χ4v) is 5.51. The molecule has 0 bridgehead atoms. The van der Waals surface area contributed by atoms with E-state index in [1.165, 1.54) is 12.1 Å². The van der Waals surface area contributed by atoms with Gasteiger partial charge in [-0.05, 0) is 23.6 Å². The lowest BCUT2D eigenvalue weighted by Crippen LogP contribution is -2.55. The molecule has 1 spiro atoms. The van der Waals surface area contributed by atoms with E-state index in [0.717, 1.165) is 0 Å². The molecule has 2 saturated heterocycles. The predicted octanol–water partition coefficient (Wildman–Crippen LogP) is 2.28. The quantitative estimate of drug-likeness (QED) is 0.805. The molecule has 2 amide bonds. The first-order valence-corrected chi connectivity index (χ1v) is 10.3. The summed E-state index contributed by atoms with van der Waals surface area (Å²) < 4.78 is 26.2. The molecule has 0 aliphatic carbocycles. The fraction of sp³-hybridized carbons (Fsp3) is 0.579. The van der Waals surface area contributed by atoms with Gasteiger partial charge in [-0.25, -0.2) is 4.39 Å². The highest BCUT2D eigenvalue weighted by Crippen LogP contribution is 2.38. The summed E-state index contributed by atoms with van der Waals surface area (Å²) in [5, 5.41) is 0. The average Bonchev–Trinajstić information content (AvgIpc) is 2.79. The van der Waals surface area contributed by atoms with Crippen molar-refractivity contribution >= 4 is 22.6 Å². The van der Waals surface area contributed by atoms with Gasteiger partial charge in [0.25, 0.3) is 0 Å². The normalized spacial score (nSPS) is 22.5. The monoisotopic (exact) mass is 380 g/mol. The number of amides is 2. The molecule has 1 aromatic carbocycles. The first-order valence-electron chi connectivity index (χ1n) is 9.03. The van der Waals surface area contributed by atoms with E-state index in [-0.39, 0.29) is 29.9 Å². The summed E-state index contributed by atoms with van der Waals surface area (Å²) in [5.74, 6) is -0.0884. The molecule has 1 unspecified atom stereocenters. The highest BCUT2D eigenvalue weighted by atomic mass is 32.2. The molecule has 0 aromatic heterocycles. The van der Waals surface area contributed by atoms with Crippen molar-refractivity contribution in [3.63, 3.8) is 0 Å². The first kappa shape index (κ1) is 19.0. The Hall–Kier alpha value is -1.76. The number of nitrogens with zero attached hydrogens (tertiary/aromatic N) is 2. The van der Waals surface area contributed by atoms with Gasteiger partial charge in [-0.15, -0.1) is 0 Å². The van der Waals surface area contributed by atoms with Crippen LogP contribution < -0.4 is 0 Å². The van der Waals surface area contributed by atoms with Crippen LogP contribution in [0.3, 0.4) is 0 Å². The SMILES string of the molecule is CC(C)CC(=O)N1CCC2(CC1)N(Cc1cccc(F)c1)C(=O)CS2=O. The van der Waals surface area contributed by atoms with Crippen molar-refractivity contribution in [3.05, 3.63) is 35.6 Å². The molecule has 1 atom stereocenters. The molecule has 5 nitrogen and oxygen atoms in total. The molecule has 2 aliphatic rings. The lowest BCUT2D eigenvalue weighted by molar-refractivity contribution is -0.136. The standard InChI is InChI=1S/C19H25FN2O3S/c1-14(2)10-17(23)21-8-6-19(7-9-21)22(18(24)13-26(19)25)12-15-4-3-5-16(20)11-15/h3-5,11,14H,6-10,12-13H2,1-2H3. The minimum Gasteiger partial charge on any atom is -0.342 e. The van der Waals surface area contributed by atoms with E-state index in [1.54, 1.807) is 17.0 Å². The summed E-state index contributed by atoms with van der Waals surface area (Å²) in [6.45, 7) is 5.28. The second-order valence-electron chi connectivity index (χ2n) is 7.52. The number of rotatable bonds is 4. The second kappa shape index (κ2) is 7.47. The van der Waals surface area contributed by atoms with E-state index >= 15 is 0 Å². The smallest absolute Gasteiger partial charge is 0.236 e. The van der Waals surface area contributed by atoms with Crippen LogP contribution in [-0.2, 0) is 26.9 Å². The van der Waals surface area contributed by atoms with Gasteiger partial charge in [-0.2, -0.15) is 0 Å². The van der Waals surface area contributed by atoms with Gasteiger partial charge in [0.15, 0.2) is 0 Å². The van der Waals surface area contributed by atoms with Gasteiger partial charge in [0, 0.05) is 38.9 Å². The third kappa shape index (κ3) is 3.68. The van der Waals surface area contributed by atoms with E-state index in [9.17, 15) is 18.2 Å². The summed E-state index contributed by atoms with van der Waals surface area (Å²) in [4.78, 5) is 27.5. The van der Waals surface area contributed by atoms with Crippen molar-refractivity contribution in [3.8, 4) is 0 Å². The molecular formula is C19H25FN2O3S. The first-order chi connectivity index (χ1) is 12.3. The number of carbonyl (C=O) groups is 2. The molecule has 7 heteroatoms. The number of hydrogen-bond acceptors (Lipinski definition) is 3. The van der Waals surface area contributed by atoms with E-state index in [2.05, 4.69) is 0 Å². The molecule has 3 rings (SSSR count). The van der Waals surface area contributed by atoms with Crippen LogP contribution >= 0.6 is 0 Å². The van der Waals surface area contributed by atoms with Crippen molar-refractivity contribution in [1.82, 2.24) is 9.80 Å². The number of benzene rings is 1. The molecular weight excluding hydrogens is 355 g/mol. The van der Waals surface area contributed by atoms with Crippen LogP contribution in [0.1, 0.15) is 38.7 Å². The largest absolute Gasteiger partial charge is 0.342 e. The van der Waals surface area contributed by atoms with Crippen molar-refractivity contribution in [2.24, 2.45) is 5.92 Å². The molecule has 2 aliphatic heterocycles. The van der Waals surface area contributed by atoms with Gasteiger partial charge in [0.1, 0.15) is 16.4 Å². The summed E-state index contributed by atoms with van der Waals surface area (Å²) >= 11 is 0. The Bertz CT molecular complexity index is 729. The predicted molar refractivity (Wildman–Crippen MR) is 98.0 cm³/mol. The molecule has 142 valence electrons. The maximum atomic E-state index is 13.5. The number of halogens is 1. The van der Waals surface area contributed by atoms with Gasteiger partial charge in [0.2, 0.25) is 11.8 Å². The Morgan fingerprint density at radius 3 is 2.62 bits per heavy atom. The van der Waals surface area contributed by atoms with E-state index in [1.807, 2.05) is 18.7 Å². The zero-order chi connectivity index (χ0) is 18.9. The molecule has 0 radical (unpaired) electrons. The van der Waals surface area contributed by atoms with Crippen LogP contribution in [0.15, 0.2) is 24.3 Å². The third-order valence-corrected chi connectivity index (χ3v) is 7.17. The number of piperidine rings is 1. The van der Waals surface area contributed by atoms with Crippen LogP contribution in [-0.4, -0.2) is 49.5 Å². The van der Waals surface area contributed by atoms with Crippen LogP contribution in [0.25, 0.3) is 0 Å². The molecule has 2 heterocycles. The molecule has 1 aromatic rings. The Balaban J connectivity index is 1.75.